The maximum absolute atomic E-state index is 12.9. The van der Waals surface area contributed by atoms with Gasteiger partial charge in [0, 0.05) is 43.9 Å². The Morgan fingerprint density at radius 2 is 2.03 bits per heavy atom. The van der Waals surface area contributed by atoms with Crippen LogP contribution in [0.3, 0.4) is 0 Å². The fourth-order valence-electron chi connectivity index (χ4n) is 3.78. The Labute approximate surface area is 174 Å². The lowest BCUT2D eigenvalue weighted by Gasteiger charge is -2.36. The molecule has 0 saturated carbocycles. The second-order valence-corrected chi connectivity index (χ2v) is 7.39. The van der Waals surface area contributed by atoms with Gasteiger partial charge in [-0.05, 0) is 43.9 Å². The van der Waals surface area contributed by atoms with Gasteiger partial charge >= 0.3 is 0 Å². The van der Waals surface area contributed by atoms with Crippen molar-refractivity contribution < 1.29 is 9.59 Å². The van der Waals surface area contributed by atoms with Crippen LogP contribution in [0.2, 0.25) is 0 Å². The number of likely N-dealkylation sites (tertiary alicyclic amines) is 1. The van der Waals surface area contributed by atoms with Crippen LogP contribution in [0.1, 0.15) is 36.2 Å². The molecule has 1 aliphatic heterocycles. The van der Waals surface area contributed by atoms with Crippen LogP contribution < -0.4 is 5.32 Å². The zero-order valence-electron chi connectivity index (χ0n) is 16.7. The number of hydrogen-bond donors (Lipinski definition) is 1. The number of pyridine rings is 1. The van der Waals surface area contributed by atoms with Crippen LogP contribution in [0.15, 0.2) is 55.2 Å². The van der Waals surface area contributed by atoms with Gasteiger partial charge in [-0.15, -0.1) is 0 Å². The zero-order valence-corrected chi connectivity index (χ0v) is 16.7. The van der Waals surface area contributed by atoms with E-state index in [0.717, 1.165) is 38.8 Å². The molecule has 1 saturated heterocycles. The molecule has 3 aromatic rings. The number of aryl methyl sites for hydroxylation is 1. The van der Waals surface area contributed by atoms with E-state index < -0.39 is 0 Å². The molecule has 1 N–H and O–H groups in total. The Balaban J connectivity index is 1.34. The van der Waals surface area contributed by atoms with Crippen molar-refractivity contribution in [3.05, 3.63) is 60.9 Å². The van der Waals surface area contributed by atoms with Crippen molar-refractivity contribution in [1.82, 2.24) is 29.4 Å². The number of rotatable bonds is 7. The summed E-state index contributed by atoms with van der Waals surface area (Å²) in [7, 11) is 0. The highest BCUT2D eigenvalue weighted by Crippen LogP contribution is 2.21. The summed E-state index contributed by atoms with van der Waals surface area (Å²) in [4.78, 5) is 31.2. The standard InChI is InChI=1S/C21H25N7O2/c29-20(28-12-4-2-6-18(28)8-13-26-11-5-10-23-26)16-27-15-17(14-24-27)25-21(30)19-7-1-3-9-22-19/h1,3,5,7,9-11,14-15,18H,2,4,6,8,12-13,16H2,(H,25,30). The molecule has 4 rings (SSSR count). The number of nitrogens with zero attached hydrogens (tertiary/aromatic N) is 6. The highest BCUT2D eigenvalue weighted by Gasteiger charge is 2.26. The molecule has 1 atom stereocenters. The lowest BCUT2D eigenvalue weighted by molar-refractivity contribution is -0.136. The minimum atomic E-state index is -0.309. The molecule has 1 aliphatic rings. The van der Waals surface area contributed by atoms with Crippen LogP contribution in [0.4, 0.5) is 5.69 Å². The number of anilines is 1. The van der Waals surface area contributed by atoms with E-state index in [2.05, 4.69) is 20.5 Å². The summed E-state index contributed by atoms with van der Waals surface area (Å²) >= 11 is 0. The molecule has 30 heavy (non-hydrogen) atoms. The molecule has 0 aliphatic carbocycles. The van der Waals surface area contributed by atoms with E-state index in [4.69, 9.17) is 0 Å². The second-order valence-electron chi connectivity index (χ2n) is 7.39. The highest BCUT2D eigenvalue weighted by atomic mass is 16.2. The van der Waals surface area contributed by atoms with Crippen molar-refractivity contribution in [3.63, 3.8) is 0 Å². The van der Waals surface area contributed by atoms with E-state index >= 15 is 0 Å². The number of carbonyl (C=O) groups is 2. The average Bonchev–Trinajstić information content (AvgIpc) is 3.45. The second kappa shape index (κ2) is 9.34. The van der Waals surface area contributed by atoms with E-state index in [1.807, 2.05) is 21.8 Å². The monoisotopic (exact) mass is 407 g/mol. The molecule has 0 spiro atoms. The van der Waals surface area contributed by atoms with Gasteiger partial charge in [0.2, 0.25) is 5.91 Å². The first kappa shape index (κ1) is 19.8. The van der Waals surface area contributed by atoms with E-state index in [0.29, 0.717) is 11.4 Å². The van der Waals surface area contributed by atoms with Gasteiger partial charge in [0.15, 0.2) is 0 Å². The summed E-state index contributed by atoms with van der Waals surface area (Å²) < 4.78 is 3.47. The summed E-state index contributed by atoms with van der Waals surface area (Å²) in [5.74, 6) is -0.262. The molecule has 4 heterocycles. The molecule has 9 nitrogen and oxygen atoms in total. The molecule has 156 valence electrons. The first-order chi connectivity index (χ1) is 14.7. The van der Waals surface area contributed by atoms with Gasteiger partial charge in [-0.25, -0.2) is 0 Å². The largest absolute Gasteiger partial charge is 0.338 e. The summed E-state index contributed by atoms with van der Waals surface area (Å²) in [6, 6.07) is 7.28. The minimum Gasteiger partial charge on any atom is -0.338 e. The molecule has 1 fully saturated rings. The van der Waals surface area contributed by atoms with Gasteiger partial charge in [0.05, 0.1) is 11.9 Å². The quantitative estimate of drug-likeness (QED) is 0.647. The van der Waals surface area contributed by atoms with Crippen molar-refractivity contribution in [2.45, 2.75) is 44.8 Å². The van der Waals surface area contributed by atoms with Gasteiger partial charge in [0.25, 0.3) is 5.91 Å². The van der Waals surface area contributed by atoms with Gasteiger partial charge in [-0.2, -0.15) is 10.2 Å². The topological polar surface area (TPSA) is 97.9 Å². The SMILES string of the molecule is O=C(Nc1cnn(CC(=O)N2CCCCC2CCn2cccn2)c1)c1ccccn1. The first-order valence-electron chi connectivity index (χ1n) is 10.2. The normalized spacial score (nSPS) is 16.4. The van der Waals surface area contributed by atoms with Crippen molar-refractivity contribution in [2.75, 3.05) is 11.9 Å². The molecule has 0 aromatic carbocycles. The maximum atomic E-state index is 12.9. The van der Waals surface area contributed by atoms with Crippen molar-refractivity contribution in [1.29, 1.82) is 0 Å². The average molecular weight is 407 g/mol. The fourth-order valence-corrected chi connectivity index (χ4v) is 3.78. The molecular formula is C21H25N7O2. The number of piperidine rings is 1. The molecule has 0 radical (unpaired) electrons. The van der Waals surface area contributed by atoms with Crippen molar-refractivity contribution >= 4 is 17.5 Å². The predicted molar refractivity (Wildman–Crippen MR) is 111 cm³/mol. The fraction of sp³-hybridized carbons (Fsp3) is 0.381. The van der Waals surface area contributed by atoms with E-state index in [1.54, 1.807) is 47.7 Å². The third-order valence-corrected chi connectivity index (χ3v) is 5.28. The number of carbonyl (C=O) groups excluding carboxylic acids is 2. The van der Waals surface area contributed by atoms with Gasteiger partial charge in [-0.1, -0.05) is 6.07 Å². The predicted octanol–water partition coefficient (Wildman–Crippen LogP) is 2.20. The van der Waals surface area contributed by atoms with E-state index in [1.165, 1.54) is 0 Å². The smallest absolute Gasteiger partial charge is 0.274 e. The van der Waals surface area contributed by atoms with E-state index in [9.17, 15) is 9.59 Å². The molecule has 0 bridgehead atoms. The summed E-state index contributed by atoms with van der Waals surface area (Å²) in [5, 5.41) is 11.2. The molecule has 9 heteroatoms. The number of hydrogen-bond acceptors (Lipinski definition) is 5. The van der Waals surface area contributed by atoms with Crippen LogP contribution in [0, 0.1) is 0 Å². The molecule has 3 aromatic heterocycles. The van der Waals surface area contributed by atoms with Gasteiger partial charge in [-0.3, -0.25) is 23.9 Å². The Hall–Kier alpha value is -3.49. The molecule has 2 amide bonds. The van der Waals surface area contributed by atoms with Crippen molar-refractivity contribution in [2.24, 2.45) is 0 Å². The third kappa shape index (κ3) is 4.91. The lowest BCUT2D eigenvalue weighted by atomic mass is 9.99. The Morgan fingerprint density at radius 1 is 1.10 bits per heavy atom. The van der Waals surface area contributed by atoms with E-state index in [-0.39, 0.29) is 24.4 Å². The van der Waals surface area contributed by atoms with Crippen LogP contribution in [-0.2, 0) is 17.9 Å². The maximum Gasteiger partial charge on any atom is 0.274 e. The molecule has 1 unspecified atom stereocenters. The number of nitrogens with one attached hydrogen (secondary N) is 1. The summed E-state index contributed by atoms with van der Waals surface area (Å²) in [6.07, 6.45) is 12.5. The molecular weight excluding hydrogens is 382 g/mol. The number of amides is 2. The summed E-state index contributed by atoms with van der Waals surface area (Å²) in [5.41, 5.74) is 0.863. The zero-order chi connectivity index (χ0) is 20.8. The third-order valence-electron chi connectivity index (χ3n) is 5.28. The van der Waals surface area contributed by atoms with Crippen LogP contribution in [0.5, 0.6) is 0 Å². The minimum absolute atomic E-state index is 0.0471. The lowest BCUT2D eigenvalue weighted by Crippen LogP contribution is -2.45. The van der Waals surface area contributed by atoms with Gasteiger partial charge in [0.1, 0.15) is 12.2 Å². The summed E-state index contributed by atoms with van der Waals surface area (Å²) in [6.45, 7) is 1.72. The Morgan fingerprint density at radius 3 is 2.83 bits per heavy atom. The Kier molecular flexibility index (Phi) is 6.17. The number of aromatic nitrogens is 5. The van der Waals surface area contributed by atoms with Gasteiger partial charge < -0.3 is 10.2 Å². The van der Waals surface area contributed by atoms with Crippen molar-refractivity contribution in [3.8, 4) is 0 Å². The van der Waals surface area contributed by atoms with Crippen LogP contribution >= 0.6 is 0 Å². The van der Waals surface area contributed by atoms with Crippen LogP contribution in [0.25, 0.3) is 0 Å². The first-order valence-corrected chi connectivity index (χ1v) is 10.2. The Bertz CT molecular complexity index is 968. The van der Waals surface area contributed by atoms with Crippen LogP contribution in [-0.4, -0.2) is 53.8 Å². The highest BCUT2D eigenvalue weighted by molar-refractivity contribution is 6.02.